The van der Waals surface area contributed by atoms with E-state index in [9.17, 15) is 4.39 Å². The molecule has 1 saturated heterocycles. The number of hydrogen-bond acceptors (Lipinski definition) is 2. The van der Waals surface area contributed by atoms with Crippen LogP contribution in [0.15, 0.2) is 30.3 Å². The summed E-state index contributed by atoms with van der Waals surface area (Å²) in [4.78, 5) is 2.32. The van der Waals surface area contributed by atoms with E-state index in [2.05, 4.69) is 41.4 Å². The molecular formula is C16H23FN2. The van der Waals surface area contributed by atoms with Crippen LogP contribution in [-0.2, 0) is 0 Å². The van der Waals surface area contributed by atoms with Crippen LogP contribution in [0.4, 0.5) is 4.39 Å². The molecule has 3 heteroatoms. The zero-order valence-corrected chi connectivity index (χ0v) is 11.6. The van der Waals surface area contributed by atoms with Gasteiger partial charge in [0.05, 0.1) is 0 Å². The van der Waals surface area contributed by atoms with Gasteiger partial charge in [0.25, 0.3) is 0 Å². The third kappa shape index (κ3) is 2.67. The van der Waals surface area contributed by atoms with E-state index in [1.54, 1.807) is 0 Å². The van der Waals surface area contributed by atoms with Crippen LogP contribution in [0, 0.1) is 5.92 Å². The Morgan fingerprint density at radius 3 is 2.68 bits per heavy atom. The minimum absolute atomic E-state index is 0.181. The van der Waals surface area contributed by atoms with Crippen LogP contribution in [0.2, 0.25) is 0 Å². The smallest absolute Gasteiger partial charge is 0.102 e. The van der Waals surface area contributed by atoms with E-state index >= 15 is 0 Å². The first-order chi connectivity index (χ1) is 9.23. The van der Waals surface area contributed by atoms with Crippen molar-refractivity contribution in [3.63, 3.8) is 0 Å². The zero-order valence-electron chi connectivity index (χ0n) is 11.6. The first-order valence-corrected chi connectivity index (χ1v) is 7.33. The average molecular weight is 262 g/mol. The van der Waals surface area contributed by atoms with Crippen LogP contribution in [0.1, 0.15) is 31.4 Å². The Balaban J connectivity index is 1.78. The highest BCUT2D eigenvalue weighted by Gasteiger charge is 2.46. The monoisotopic (exact) mass is 262 g/mol. The lowest BCUT2D eigenvalue weighted by Gasteiger charge is -2.46. The summed E-state index contributed by atoms with van der Waals surface area (Å²) < 4.78 is 12.9. The molecule has 0 radical (unpaired) electrons. The Morgan fingerprint density at radius 2 is 2.05 bits per heavy atom. The Hall–Kier alpha value is -0.930. The van der Waals surface area contributed by atoms with Gasteiger partial charge >= 0.3 is 0 Å². The molecule has 0 spiro atoms. The molecule has 1 aliphatic carbocycles. The highest BCUT2D eigenvalue weighted by Crippen LogP contribution is 2.42. The molecule has 1 aromatic carbocycles. The standard InChI is InChI=1S/C16H23FN2/c1-16(14-7-8-14)12-19(10-9-17)15(11-18-16)13-5-3-2-4-6-13/h2-6,14-15,18H,7-12H2,1H3. The van der Waals surface area contributed by atoms with E-state index in [0.29, 0.717) is 12.6 Å². The fourth-order valence-corrected chi connectivity index (χ4v) is 3.39. The van der Waals surface area contributed by atoms with Gasteiger partial charge in [0.2, 0.25) is 0 Å². The second-order valence-corrected chi connectivity index (χ2v) is 6.16. The van der Waals surface area contributed by atoms with E-state index in [0.717, 1.165) is 19.0 Å². The molecule has 2 unspecified atom stereocenters. The Kier molecular flexibility index (Phi) is 3.59. The number of alkyl halides is 1. The summed E-state index contributed by atoms with van der Waals surface area (Å²) >= 11 is 0. The van der Waals surface area contributed by atoms with E-state index in [-0.39, 0.29) is 12.2 Å². The van der Waals surface area contributed by atoms with Gasteiger partial charge in [-0.1, -0.05) is 30.3 Å². The van der Waals surface area contributed by atoms with Gasteiger partial charge in [-0.15, -0.1) is 0 Å². The molecule has 104 valence electrons. The van der Waals surface area contributed by atoms with Gasteiger partial charge in [-0.2, -0.15) is 0 Å². The highest BCUT2D eigenvalue weighted by atomic mass is 19.1. The van der Waals surface area contributed by atoms with Crippen LogP contribution in [-0.4, -0.2) is 36.7 Å². The molecule has 2 nitrogen and oxygen atoms in total. The predicted molar refractivity (Wildman–Crippen MR) is 75.9 cm³/mol. The minimum atomic E-state index is -0.260. The Bertz CT molecular complexity index is 418. The van der Waals surface area contributed by atoms with E-state index in [1.807, 2.05) is 6.07 Å². The van der Waals surface area contributed by atoms with Gasteiger partial charge in [-0.3, -0.25) is 4.90 Å². The summed E-state index contributed by atoms with van der Waals surface area (Å²) in [6.07, 6.45) is 2.64. The third-order valence-electron chi connectivity index (χ3n) is 4.71. The van der Waals surface area contributed by atoms with Gasteiger partial charge in [0, 0.05) is 31.2 Å². The maximum atomic E-state index is 12.9. The van der Waals surface area contributed by atoms with Crippen molar-refractivity contribution in [2.45, 2.75) is 31.3 Å². The molecule has 0 aromatic heterocycles. The molecule has 2 fully saturated rings. The van der Waals surface area contributed by atoms with Crippen molar-refractivity contribution < 1.29 is 4.39 Å². The normalized spacial score (nSPS) is 32.4. The molecule has 2 atom stereocenters. The van der Waals surface area contributed by atoms with Crippen molar-refractivity contribution in [3.05, 3.63) is 35.9 Å². The number of benzene rings is 1. The highest BCUT2D eigenvalue weighted by molar-refractivity contribution is 5.21. The maximum Gasteiger partial charge on any atom is 0.102 e. The van der Waals surface area contributed by atoms with Crippen LogP contribution in [0.3, 0.4) is 0 Å². The van der Waals surface area contributed by atoms with Crippen molar-refractivity contribution in [2.24, 2.45) is 5.92 Å². The number of rotatable bonds is 4. The number of nitrogens with zero attached hydrogens (tertiary/aromatic N) is 1. The summed E-state index contributed by atoms with van der Waals surface area (Å²) in [5.74, 6) is 0.784. The lowest BCUT2D eigenvalue weighted by molar-refractivity contribution is 0.0693. The fourth-order valence-electron chi connectivity index (χ4n) is 3.39. The summed E-state index contributed by atoms with van der Waals surface area (Å²) in [6.45, 7) is 4.48. The van der Waals surface area contributed by atoms with Gasteiger partial charge in [-0.05, 0) is 31.2 Å². The van der Waals surface area contributed by atoms with Crippen LogP contribution in [0.5, 0.6) is 0 Å². The van der Waals surface area contributed by atoms with Crippen molar-refractivity contribution in [1.82, 2.24) is 10.2 Å². The number of halogens is 1. The van der Waals surface area contributed by atoms with Crippen LogP contribution < -0.4 is 5.32 Å². The van der Waals surface area contributed by atoms with Gasteiger partial charge < -0.3 is 5.32 Å². The average Bonchev–Trinajstić information content (AvgIpc) is 3.25. The molecule has 1 N–H and O–H groups in total. The fraction of sp³-hybridized carbons (Fsp3) is 0.625. The molecule has 0 bridgehead atoms. The van der Waals surface area contributed by atoms with Crippen molar-refractivity contribution in [3.8, 4) is 0 Å². The Morgan fingerprint density at radius 1 is 1.32 bits per heavy atom. The second kappa shape index (κ2) is 5.22. The summed E-state index contributed by atoms with van der Waals surface area (Å²) in [6, 6.07) is 10.8. The lowest BCUT2D eigenvalue weighted by Crippen LogP contribution is -2.61. The van der Waals surface area contributed by atoms with E-state index in [1.165, 1.54) is 18.4 Å². The first-order valence-electron chi connectivity index (χ1n) is 7.33. The molecule has 1 aromatic rings. The predicted octanol–water partition coefficient (Wildman–Crippen LogP) is 2.77. The largest absolute Gasteiger partial charge is 0.308 e. The minimum Gasteiger partial charge on any atom is -0.308 e. The molecule has 3 rings (SSSR count). The van der Waals surface area contributed by atoms with Gasteiger partial charge in [-0.25, -0.2) is 4.39 Å². The van der Waals surface area contributed by atoms with E-state index < -0.39 is 0 Å². The summed E-state index contributed by atoms with van der Waals surface area (Å²) in [5, 5.41) is 3.73. The topological polar surface area (TPSA) is 15.3 Å². The molecule has 1 aliphatic heterocycles. The summed E-state index contributed by atoms with van der Waals surface area (Å²) in [5.41, 5.74) is 1.47. The lowest BCUT2D eigenvalue weighted by atomic mass is 9.89. The molecule has 2 aliphatic rings. The van der Waals surface area contributed by atoms with Crippen molar-refractivity contribution in [1.29, 1.82) is 0 Å². The summed E-state index contributed by atoms with van der Waals surface area (Å²) in [7, 11) is 0. The maximum absolute atomic E-state index is 12.9. The van der Waals surface area contributed by atoms with Crippen molar-refractivity contribution in [2.75, 3.05) is 26.3 Å². The zero-order chi connectivity index (χ0) is 13.3. The molecule has 1 saturated carbocycles. The van der Waals surface area contributed by atoms with Crippen LogP contribution in [0.25, 0.3) is 0 Å². The quantitative estimate of drug-likeness (QED) is 0.897. The van der Waals surface area contributed by atoms with Crippen LogP contribution >= 0.6 is 0 Å². The second-order valence-electron chi connectivity index (χ2n) is 6.16. The number of nitrogens with one attached hydrogen (secondary N) is 1. The number of piperazine rings is 1. The first kappa shape index (κ1) is 13.1. The molecule has 19 heavy (non-hydrogen) atoms. The molecular weight excluding hydrogens is 239 g/mol. The molecule has 0 amide bonds. The van der Waals surface area contributed by atoms with Gasteiger partial charge in [0.1, 0.15) is 6.67 Å². The van der Waals surface area contributed by atoms with Gasteiger partial charge in [0.15, 0.2) is 0 Å². The third-order valence-corrected chi connectivity index (χ3v) is 4.71. The Labute approximate surface area is 115 Å². The SMILES string of the molecule is CC1(C2CC2)CN(CCF)C(c2ccccc2)CN1. The van der Waals surface area contributed by atoms with Crippen molar-refractivity contribution >= 4 is 0 Å². The molecule has 1 heterocycles. The number of hydrogen-bond donors (Lipinski definition) is 1. The van der Waals surface area contributed by atoms with E-state index in [4.69, 9.17) is 0 Å².